The molecule has 0 aliphatic carbocycles. The predicted octanol–water partition coefficient (Wildman–Crippen LogP) is 2.18. The van der Waals surface area contributed by atoms with Gasteiger partial charge in [-0.2, -0.15) is 20.5 Å². The number of halogens is 4. The molecule has 1 atom stereocenters. The molecule has 1 aromatic heterocycles. The number of hydrogen-bond donors (Lipinski definition) is 1. The fourth-order valence-corrected chi connectivity index (χ4v) is 3.01. The maximum Gasteiger partial charge on any atom is 0.319 e. The maximum absolute atomic E-state index is 12.7. The van der Waals surface area contributed by atoms with E-state index in [0.717, 1.165) is 22.6 Å². The number of imidazole rings is 1. The zero-order valence-corrected chi connectivity index (χ0v) is 14.5. The number of nitrogens with one attached hydrogen (secondary N) is 1. The van der Waals surface area contributed by atoms with E-state index in [1.807, 2.05) is 11.8 Å². The highest BCUT2D eigenvalue weighted by atomic mass is 35.5. The second-order valence-corrected chi connectivity index (χ2v) is 5.86. The quantitative estimate of drug-likeness (QED) is 0.855. The molecule has 128 valence electrons. The van der Waals surface area contributed by atoms with Crippen molar-refractivity contribution in [3.05, 3.63) is 18.2 Å². The average Bonchev–Trinajstić information content (AvgIpc) is 2.88. The monoisotopic (exact) mass is 376 g/mol. The first-order valence-corrected chi connectivity index (χ1v) is 7.58. The van der Waals surface area contributed by atoms with Crippen molar-refractivity contribution < 1.29 is 13.6 Å². The summed E-state index contributed by atoms with van der Waals surface area (Å²) in [5.74, 6) is 2.10. The maximum atomic E-state index is 12.7. The van der Waals surface area contributed by atoms with Crippen LogP contribution in [-0.4, -0.2) is 51.5 Å². The molecule has 2 rings (SSSR count). The van der Waals surface area contributed by atoms with E-state index in [9.17, 15) is 13.6 Å². The van der Waals surface area contributed by atoms with Crippen LogP contribution in [0.15, 0.2) is 12.4 Å². The minimum absolute atomic E-state index is 0. The number of rotatable bonds is 5. The smallest absolute Gasteiger partial charge is 0.319 e. The van der Waals surface area contributed by atoms with Gasteiger partial charge in [0.05, 0.1) is 6.54 Å². The number of alkyl halides is 2. The zero-order chi connectivity index (χ0) is 14.5. The lowest BCUT2D eigenvalue weighted by Gasteiger charge is -2.25. The summed E-state index contributed by atoms with van der Waals surface area (Å²) in [5, 5.41) is 3.28. The largest absolute Gasteiger partial charge is 0.338 e. The molecule has 1 aliphatic rings. The van der Waals surface area contributed by atoms with Crippen LogP contribution in [0.4, 0.5) is 8.78 Å². The number of nitrogens with zero attached hydrogens (tertiary/aromatic N) is 3. The molecule has 0 saturated carbocycles. The Kier molecular flexibility index (Phi) is 9.99. The van der Waals surface area contributed by atoms with Crippen molar-refractivity contribution >= 4 is 42.5 Å². The van der Waals surface area contributed by atoms with Gasteiger partial charge in [-0.3, -0.25) is 9.36 Å². The molecule has 1 aromatic rings. The van der Waals surface area contributed by atoms with Crippen LogP contribution in [0.1, 0.15) is 18.8 Å². The first-order chi connectivity index (χ1) is 9.58. The first kappa shape index (κ1) is 21.4. The molecule has 1 unspecified atom stereocenters. The van der Waals surface area contributed by atoms with Crippen molar-refractivity contribution in [1.82, 2.24) is 19.8 Å². The van der Waals surface area contributed by atoms with E-state index in [0.29, 0.717) is 6.42 Å². The van der Waals surface area contributed by atoms with Gasteiger partial charge in [0.2, 0.25) is 5.91 Å². The average molecular weight is 377 g/mol. The predicted molar refractivity (Wildman–Crippen MR) is 88.2 cm³/mol. The molecule has 0 bridgehead atoms. The minimum Gasteiger partial charge on any atom is -0.338 e. The van der Waals surface area contributed by atoms with Gasteiger partial charge in [-0.25, -0.2) is 4.98 Å². The van der Waals surface area contributed by atoms with Gasteiger partial charge in [0.15, 0.2) is 0 Å². The van der Waals surface area contributed by atoms with Crippen molar-refractivity contribution in [2.75, 3.05) is 25.1 Å². The van der Waals surface area contributed by atoms with Gasteiger partial charge in [-0.1, -0.05) is 0 Å². The van der Waals surface area contributed by atoms with Crippen LogP contribution in [0.5, 0.6) is 0 Å². The van der Waals surface area contributed by atoms with Crippen LogP contribution in [-0.2, 0) is 11.3 Å². The molecule has 5 nitrogen and oxygen atoms in total. The Morgan fingerprint density at radius 3 is 2.91 bits per heavy atom. The van der Waals surface area contributed by atoms with Gasteiger partial charge in [0.25, 0.3) is 0 Å². The van der Waals surface area contributed by atoms with Gasteiger partial charge >= 0.3 is 6.55 Å². The summed E-state index contributed by atoms with van der Waals surface area (Å²) < 4.78 is 26.2. The number of carbonyl (C=O) groups is 1. The highest BCUT2D eigenvalue weighted by molar-refractivity contribution is 7.99. The van der Waals surface area contributed by atoms with E-state index in [4.69, 9.17) is 0 Å². The highest BCUT2D eigenvalue weighted by Gasteiger charge is 2.21. The van der Waals surface area contributed by atoms with Crippen LogP contribution in [0.25, 0.3) is 0 Å². The Hall–Kier alpha value is -0.570. The van der Waals surface area contributed by atoms with Crippen LogP contribution in [0.2, 0.25) is 0 Å². The fraction of sp³-hybridized carbons (Fsp3) is 0.667. The summed E-state index contributed by atoms with van der Waals surface area (Å²) in [6, 6.07) is 0.165. The van der Waals surface area contributed by atoms with E-state index in [2.05, 4.69) is 10.3 Å². The summed E-state index contributed by atoms with van der Waals surface area (Å²) >= 11 is 1.82. The second-order valence-electron chi connectivity index (χ2n) is 4.71. The molecule has 1 fully saturated rings. The molecule has 22 heavy (non-hydrogen) atoms. The summed E-state index contributed by atoms with van der Waals surface area (Å²) in [7, 11) is 1.61. The molecule has 10 heteroatoms. The zero-order valence-electron chi connectivity index (χ0n) is 12.1. The third-order valence-corrected chi connectivity index (χ3v) is 4.31. The summed E-state index contributed by atoms with van der Waals surface area (Å²) in [6.45, 7) is -1.63. The second kappa shape index (κ2) is 10.3. The normalized spacial score (nSPS) is 17.5. The lowest BCUT2D eigenvalue weighted by Crippen LogP contribution is -2.41. The summed E-state index contributed by atoms with van der Waals surface area (Å²) in [4.78, 5) is 17.4. The van der Waals surface area contributed by atoms with E-state index in [1.165, 1.54) is 17.3 Å². The SMILES string of the molecule is CN(Cc1nccn1C(F)F)C(=O)CC1CSCCN1.Cl.Cl. The number of amides is 1. The van der Waals surface area contributed by atoms with E-state index >= 15 is 0 Å². The molecule has 0 radical (unpaired) electrons. The Bertz CT molecular complexity index is 458. The van der Waals surface area contributed by atoms with Gasteiger partial charge in [0, 0.05) is 50.0 Å². The van der Waals surface area contributed by atoms with Gasteiger partial charge in [0.1, 0.15) is 5.82 Å². The van der Waals surface area contributed by atoms with E-state index < -0.39 is 6.55 Å². The molecule has 1 saturated heterocycles. The minimum atomic E-state index is -2.63. The topological polar surface area (TPSA) is 50.2 Å². The van der Waals surface area contributed by atoms with Gasteiger partial charge in [-0.05, 0) is 0 Å². The van der Waals surface area contributed by atoms with Crippen LogP contribution in [0.3, 0.4) is 0 Å². The molecular weight excluding hydrogens is 357 g/mol. The van der Waals surface area contributed by atoms with Crippen molar-refractivity contribution in [2.24, 2.45) is 0 Å². The highest BCUT2D eigenvalue weighted by Crippen LogP contribution is 2.15. The van der Waals surface area contributed by atoms with Crippen molar-refractivity contribution in [3.63, 3.8) is 0 Å². The van der Waals surface area contributed by atoms with Crippen LogP contribution in [0, 0.1) is 0 Å². The molecular formula is C12H20Cl2F2N4OS. The Balaban J connectivity index is 0.00000220. The molecule has 1 N–H and O–H groups in total. The third-order valence-electron chi connectivity index (χ3n) is 3.18. The molecule has 0 spiro atoms. The van der Waals surface area contributed by atoms with E-state index in [1.54, 1.807) is 7.05 Å². The Morgan fingerprint density at radius 1 is 1.59 bits per heavy atom. The van der Waals surface area contributed by atoms with Crippen molar-refractivity contribution in [1.29, 1.82) is 0 Å². The lowest BCUT2D eigenvalue weighted by atomic mass is 10.2. The molecule has 1 aliphatic heterocycles. The number of thioether (sulfide) groups is 1. The standard InChI is InChI=1S/C12H18F2N4OS.2ClH/c1-17(7-10-16-2-4-18(10)12(13)14)11(19)6-9-8-20-5-3-15-9;;/h2,4,9,12,15H,3,5-8H2,1H3;2*1H. The Labute approximate surface area is 145 Å². The van der Waals surface area contributed by atoms with E-state index in [-0.39, 0.29) is 49.1 Å². The van der Waals surface area contributed by atoms with Crippen LogP contribution >= 0.6 is 36.6 Å². The van der Waals surface area contributed by atoms with Crippen molar-refractivity contribution in [3.8, 4) is 0 Å². The number of aromatic nitrogens is 2. The lowest BCUT2D eigenvalue weighted by molar-refractivity contribution is -0.131. The first-order valence-electron chi connectivity index (χ1n) is 6.43. The molecule has 1 amide bonds. The summed E-state index contributed by atoms with van der Waals surface area (Å²) in [5.41, 5.74) is 0. The third kappa shape index (κ3) is 5.91. The fourth-order valence-electron chi connectivity index (χ4n) is 2.06. The van der Waals surface area contributed by atoms with Crippen molar-refractivity contribution in [2.45, 2.75) is 25.6 Å². The molecule has 2 heterocycles. The van der Waals surface area contributed by atoms with Gasteiger partial charge < -0.3 is 10.2 Å². The number of carbonyl (C=O) groups excluding carboxylic acids is 1. The van der Waals surface area contributed by atoms with Gasteiger partial charge in [-0.15, -0.1) is 24.8 Å². The van der Waals surface area contributed by atoms with Crippen LogP contribution < -0.4 is 5.32 Å². The Morgan fingerprint density at radius 2 is 2.32 bits per heavy atom. The molecule has 0 aromatic carbocycles. The summed E-state index contributed by atoms with van der Waals surface area (Å²) in [6.07, 6.45) is 2.93. The number of hydrogen-bond acceptors (Lipinski definition) is 4.